The Labute approximate surface area is 230 Å². The molecule has 0 aromatic heterocycles. The van der Waals surface area contributed by atoms with Crippen molar-refractivity contribution in [3.8, 4) is 0 Å². The molecular formula is C34H47N2O2+. The first-order valence-electron chi connectivity index (χ1n) is 14.4. The molecule has 4 nitrogen and oxygen atoms in total. The van der Waals surface area contributed by atoms with E-state index in [-0.39, 0.29) is 17.3 Å². The largest absolute Gasteiger partial charge is 0.481 e. The highest BCUT2D eigenvalue weighted by molar-refractivity contribution is 6.03. The summed E-state index contributed by atoms with van der Waals surface area (Å²) in [5.41, 5.74) is 7.85. The van der Waals surface area contributed by atoms with Crippen LogP contribution in [0.3, 0.4) is 0 Å². The fourth-order valence-corrected chi connectivity index (χ4v) is 5.94. The number of hydrogen-bond donors (Lipinski definition) is 1. The van der Waals surface area contributed by atoms with Gasteiger partial charge in [0.2, 0.25) is 5.69 Å². The molecule has 1 N–H and O–H groups in total. The Morgan fingerprint density at radius 1 is 0.921 bits per heavy atom. The number of nitrogens with zero attached hydrogens (tertiary/aromatic N) is 2. The predicted molar refractivity (Wildman–Crippen MR) is 161 cm³/mol. The summed E-state index contributed by atoms with van der Waals surface area (Å²) in [4.78, 5) is 13.3. The van der Waals surface area contributed by atoms with Crippen molar-refractivity contribution in [2.75, 3.05) is 18.0 Å². The van der Waals surface area contributed by atoms with Crippen molar-refractivity contribution in [2.24, 2.45) is 0 Å². The van der Waals surface area contributed by atoms with Crippen molar-refractivity contribution in [2.45, 2.75) is 91.4 Å². The molecular weight excluding hydrogens is 468 g/mol. The number of anilines is 1. The molecule has 0 saturated heterocycles. The van der Waals surface area contributed by atoms with Crippen molar-refractivity contribution in [3.63, 3.8) is 0 Å². The molecule has 0 fully saturated rings. The van der Waals surface area contributed by atoms with Crippen LogP contribution in [0, 0.1) is 0 Å². The number of rotatable bonds is 10. The summed E-state index contributed by atoms with van der Waals surface area (Å²) >= 11 is 0. The Bertz CT molecular complexity index is 1220. The van der Waals surface area contributed by atoms with Crippen LogP contribution in [0.15, 0.2) is 72.5 Å². The molecule has 2 aliphatic heterocycles. The number of aliphatic carboxylic acids is 1. The lowest BCUT2D eigenvalue weighted by atomic mass is 9.81. The van der Waals surface area contributed by atoms with Crippen molar-refractivity contribution >= 4 is 23.1 Å². The highest BCUT2D eigenvalue weighted by atomic mass is 16.4. The first kappa shape index (κ1) is 29.4. The third-order valence-electron chi connectivity index (χ3n) is 7.83. The number of unbranched alkanes of at least 4 members (excludes halogenated alkanes) is 2. The van der Waals surface area contributed by atoms with E-state index in [4.69, 9.17) is 5.11 Å². The monoisotopic (exact) mass is 515 g/mol. The molecule has 2 heterocycles. The fourth-order valence-electron chi connectivity index (χ4n) is 5.94. The van der Waals surface area contributed by atoms with E-state index in [0.717, 1.165) is 38.8 Å². The van der Waals surface area contributed by atoms with Gasteiger partial charge < -0.3 is 10.0 Å². The van der Waals surface area contributed by atoms with Crippen LogP contribution in [-0.2, 0) is 15.6 Å². The van der Waals surface area contributed by atoms with E-state index in [1.807, 2.05) is 13.8 Å². The van der Waals surface area contributed by atoms with Crippen molar-refractivity contribution in [1.82, 2.24) is 0 Å². The molecule has 0 atom stereocenters. The highest BCUT2D eigenvalue weighted by Gasteiger charge is 2.44. The normalized spacial score (nSPS) is 18.0. The van der Waals surface area contributed by atoms with E-state index in [9.17, 15) is 4.79 Å². The zero-order valence-electron chi connectivity index (χ0n) is 24.6. The van der Waals surface area contributed by atoms with Crippen LogP contribution in [0.4, 0.5) is 11.4 Å². The number of carbonyl (C=O) groups is 1. The van der Waals surface area contributed by atoms with Crippen LogP contribution in [0.5, 0.6) is 0 Å². The summed E-state index contributed by atoms with van der Waals surface area (Å²) in [6.07, 6.45) is 10.8. The van der Waals surface area contributed by atoms with Gasteiger partial charge in [0.15, 0.2) is 5.71 Å². The van der Waals surface area contributed by atoms with Crippen molar-refractivity contribution < 1.29 is 14.5 Å². The van der Waals surface area contributed by atoms with E-state index in [0.29, 0.717) is 0 Å². The minimum absolute atomic E-state index is 0.0429. The molecule has 0 spiro atoms. The zero-order chi connectivity index (χ0) is 27.9. The quantitative estimate of drug-likeness (QED) is 0.255. The summed E-state index contributed by atoms with van der Waals surface area (Å²) in [6, 6.07) is 17.5. The number of carboxylic acid groups (broad SMARTS) is 1. The predicted octanol–water partition coefficient (Wildman–Crippen LogP) is 8.38. The average molecular weight is 516 g/mol. The first-order valence-corrected chi connectivity index (χ1v) is 14.4. The number of para-hydroxylation sites is 2. The van der Waals surface area contributed by atoms with Crippen LogP contribution in [0.25, 0.3) is 0 Å². The van der Waals surface area contributed by atoms with Gasteiger partial charge >= 0.3 is 5.97 Å². The number of fused-ring (bicyclic) bond motifs is 2. The van der Waals surface area contributed by atoms with Crippen LogP contribution >= 0.6 is 0 Å². The van der Waals surface area contributed by atoms with Gasteiger partial charge in [0.25, 0.3) is 0 Å². The average Bonchev–Trinajstić information content (AvgIpc) is 3.25. The number of benzene rings is 2. The fraction of sp³-hybridized carbons (Fsp3) is 0.471. The van der Waals surface area contributed by atoms with Crippen LogP contribution in [-0.4, -0.2) is 34.5 Å². The Morgan fingerprint density at radius 3 is 2.26 bits per heavy atom. The first-order chi connectivity index (χ1) is 18.2. The van der Waals surface area contributed by atoms with E-state index in [1.165, 1.54) is 33.9 Å². The zero-order valence-corrected chi connectivity index (χ0v) is 24.6. The summed E-state index contributed by atoms with van der Waals surface area (Å²) in [5, 5.41) is 8.97. The van der Waals surface area contributed by atoms with Crippen molar-refractivity contribution in [3.05, 3.63) is 83.6 Å². The second-order valence-corrected chi connectivity index (χ2v) is 11.1. The maximum atomic E-state index is 10.9. The van der Waals surface area contributed by atoms with Crippen LogP contribution in [0.2, 0.25) is 0 Å². The summed E-state index contributed by atoms with van der Waals surface area (Å²) in [7, 11) is 0. The Kier molecular flexibility index (Phi) is 9.76. The molecule has 0 bridgehead atoms. The van der Waals surface area contributed by atoms with Gasteiger partial charge in [-0.3, -0.25) is 4.79 Å². The second kappa shape index (κ2) is 12.6. The summed E-state index contributed by atoms with van der Waals surface area (Å²) < 4.78 is 2.49. The molecule has 0 aliphatic carbocycles. The summed E-state index contributed by atoms with van der Waals surface area (Å²) in [5.74, 6) is -0.708. The molecule has 0 amide bonds. The standard InChI is InChI=1S/C32H40N2O2.C2H6/c1-6-22-33-26-17-11-9-15-24(26)31(2,3)28(33)19-14-20-29-32(4,5)25-16-10-12-18-27(25)34(29)23-13-7-8-21-30(35)36;1-2/h9-12,14-20H,6-8,13,21-23H2,1-5H3;1-2H3/p+1. The minimum Gasteiger partial charge on any atom is -0.481 e. The maximum Gasteiger partial charge on any atom is 0.303 e. The number of allylic oxidation sites excluding steroid dienone is 4. The Hall–Kier alpha value is -3.14. The van der Waals surface area contributed by atoms with Gasteiger partial charge in [-0.25, -0.2) is 0 Å². The SMILES string of the molecule is CC.CCC[N+]1=C(/C=C/C=C2/N(CCCCCC(=O)O)c3ccccc3C2(C)C)C(C)(C)c2ccccc21. The molecule has 4 rings (SSSR count). The molecule has 38 heavy (non-hydrogen) atoms. The van der Waals surface area contributed by atoms with E-state index in [1.54, 1.807) is 0 Å². The van der Waals surface area contributed by atoms with Crippen LogP contribution < -0.4 is 4.90 Å². The van der Waals surface area contributed by atoms with Gasteiger partial charge in [0, 0.05) is 53.9 Å². The van der Waals surface area contributed by atoms with Gasteiger partial charge in [0.1, 0.15) is 6.54 Å². The van der Waals surface area contributed by atoms with Crippen molar-refractivity contribution in [1.29, 1.82) is 0 Å². The van der Waals surface area contributed by atoms with E-state index >= 15 is 0 Å². The third-order valence-corrected chi connectivity index (χ3v) is 7.83. The molecule has 2 aromatic rings. The molecule has 0 unspecified atom stereocenters. The molecule has 0 saturated carbocycles. The van der Waals surface area contributed by atoms with Gasteiger partial charge in [-0.15, -0.1) is 0 Å². The van der Waals surface area contributed by atoms with Gasteiger partial charge in [-0.1, -0.05) is 83.5 Å². The minimum atomic E-state index is -0.708. The van der Waals surface area contributed by atoms with E-state index < -0.39 is 5.97 Å². The number of hydrogen-bond acceptors (Lipinski definition) is 2. The third kappa shape index (κ3) is 5.80. The maximum absolute atomic E-state index is 10.9. The number of carboxylic acids is 1. The molecule has 2 aromatic carbocycles. The highest BCUT2D eigenvalue weighted by Crippen LogP contribution is 2.47. The lowest BCUT2D eigenvalue weighted by Crippen LogP contribution is -2.28. The lowest BCUT2D eigenvalue weighted by molar-refractivity contribution is -0.437. The summed E-state index contributed by atoms with van der Waals surface area (Å²) in [6.45, 7) is 17.4. The van der Waals surface area contributed by atoms with Gasteiger partial charge in [-0.2, -0.15) is 4.58 Å². The molecule has 4 heteroatoms. The van der Waals surface area contributed by atoms with Gasteiger partial charge in [-0.05, 0) is 44.4 Å². The van der Waals surface area contributed by atoms with Crippen LogP contribution in [0.1, 0.15) is 91.7 Å². The topological polar surface area (TPSA) is 43.5 Å². The molecule has 2 aliphatic rings. The van der Waals surface area contributed by atoms with E-state index in [2.05, 4.69) is 111 Å². The lowest BCUT2D eigenvalue weighted by Gasteiger charge is -2.27. The Morgan fingerprint density at radius 2 is 1.58 bits per heavy atom. The van der Waals surface area contributed by atoms with Gasteiger partial charge in [0.05, 0.1) is 5.41 Å². The smallest absolute Gasteiger partial charge is 0.303 e. The second-order valence-electron chi connectivity index (χ2n) is 11.1. The molecule has 0 radical (unpaired) electrons. The Balaban J connectivity index is 0.00000195. The molecule has 204 valence electrons.